The number of carbonyl (C=O) groups excluding carboxylic acids is 2. The molecule has 0 fully saturated rings. The molecule has 1 rings (SSSR count). The number of methoxy groups -OCH3 is 2. The molecule has 0 amide bonds. The summed E-state index contributed by atoms with van der Waals surface area (Å²) >= 11 is 0. The van der Waals surface area contributed by atoms with Crippen molar-refractivity contribution in [1.29, 1.82) is 0 Å². The normalized spacial score (nSPS) is 9.67. The molecule has 0 aliphatic heterocycles. The summed E-state index contributed by atoms with van der Waals surface area (Å²) in [6.07, 6.45) is -0.488. The number of carbonyl (C=O) groups is 2. The second kappa shape index (κ2) is 8.64. The van der Waals surface area contributed by atoms with Gasteiger partial charge in [0, 0.05) is 0 Å². The zero-order chi connectivity index (χ0) is 15.7. The average Bonchev–Trinajstić information content (AvgIpc) is 2.52. The molecule has 0 spiro atoms. The highest BCUT2D eigenvalue weighted by atomic mass is 17.5. The van der Waals surface area contributed by atoms with Crippen molar-refractivity contribution in [1.82, 2.24) is 0 Å². The van der Waals surface area contributed by atoms with Crippen LogP contribution in [0.1, 0.15) is 23.7 Å². The van der Waals surface area contributed by atoms with E-state index < -0.39 is 12.1 Å². The molecule has 0 aliphatic rings. The molecule has 0 atom stereocenters. The van der Waals surface area contributed by atoms with Crippen molar-refractivity contribution in [2.75, 3.05) is 20.8 Å². The number of rotatable bonds is 7. The molecule has 0 saturated carbocycles. The first-order valence-electron chi connectivity index (χ1n) is 6.06. The average molecular weight is 300 g/mol. The predicted octanol–water partition coefficient (Wildman–Crippen LogP) is 2.27. The molecular formula is C13H16O8. The molecule has 0 aromatic heterocycles. The highest BCUT2D eigenvalue weighted by Gasteiger charge is 2.18. The molecule has 8 heteroatoms. The third-order valence-corrected chi connectivity index (χ3v) is 2.26. The lowest BCUT2D eigenvalue weighted by molar-refractivity contribution is -0.452. The van der Waals surface area contributed by atoms with Crippen molar-refractivity contribution < 1.29 is 38.6 Å². The fraction of sp³-hybridized carbons (Fsp3) is 0.385. The lowest BCUT2D eigenvalue weighted by Gasteiger charge is -2.08. The third-order valence-electron chi connectivity index (χ3n) is 2.26. The summed E-state index contributed by atoms with van der Waals surface area (Å²) in [6, 6.07) is 4.51. The van der Waals surface area contributed by atoms with E-state index >= 15 is 0 Å². The lowest BCUT2D eigenvalue weighted by atomic mass is 10.2. The van der Waals surface area contributed by atoms with E-state index in [1.165, 1.54) is 26.4 Å². The molecule has 0 heterocycles. The smallest absolute Gasteiger partial charge is 0.497 e. The van der Waals surface area contributed by atoms with E-state index in [0.717, 1.165) is 0 Å². The van der Waals surface area contributed by atoms with Gasteiger partial charge >= 0.3 is 12.1 Å². The van der Waals surface area contributed by atoms with Crippen LogP contribution in [0.15, 0.2) is 18.2 Å². The van der Waals surface area contributed by atoms with Gasteiger partial charge in [-0.3, -0.25) is 4.89 Å². The van der Waals surface area contributed by atoms with E-state index in [0.29, 0.717) is 12.2 Å². The first-order chi connectivity index (χ1) is 10.1. The zero-order valence-corrected chi connectivity index (χ0v) is 11.9. The molecule has 0 aliphatic carbocycles. The minimum atomic E-state index is -1.11. The summed E-state index contributed by atoms with van der Waals surface area (Å²) in [7, 11) is 2.83. The lowest BCUT2D eigenvalue weighted by Crippen LogP contribution is -2.13. The third kappa shape index (κ3) is 5.19. The van der Waals surface area contributed by atoms with E-state index in [4.69, 9.17) is 9.47 Å². The summed E-state index contributed by atoms with van der Waals surface area (Å²) in [5, 5.41) is 4.06. The van der Waals surface area contributed by atoms with E-state index in [2.05, 4.69) is 19.6 Å². The summed E-state index contributed by atoms with van der Waals surface area (Å²) in [5.74, 6) is -0.252. The van der Waals surface area contributed by atoms with Crippen LogP contribution in [-0.4, -0.2) is 33.0 Å². The summed E-state index contributed by atoms with van der Waals surface area (Å²) < 4.78 is 14.5. The Labute approximate surface area is 121 Å². The first kappa shape index (κ1) is 16.6. The molecule has 8 nitrogen and oxygen atoms in total. The Kier molecular flexibility index (Phi) is 6.82. The molecule has 21 heavy (non-hydrogen) atoms. The van der Waals surface area contributed by atoms with Crippen LogP contribution in [0.4, 0.5) is 4.79 Å². The predicted molar refractivity (Wildman–Crippen MR) is 68.8 cm³/mol. The SMILES string of the molecule is CCCOC(=O)OOOC(=O)c1cc(OC)ccc1OC. The zero-order valence-electron chi connectivity index (χ0n) is 11.9. The molecule has 116 valence electrons. The molecular weight excluding hydrogens is 284 g/mol. The van der Waals surface area contributed by atoms with Gasteiger partial charge < -0.3 is 14.2 Å². The fourth-order valence-electron chi connectivity index (χ4n) is 1.30. The molecule has 1 aromatic rings. The monoisotopic (exact) mass is 300 g/mol. The largest absolute Gasteiger partial charge is 0.543 e. The van der Waals surface area contributed by atoms with Crippen molar-refractivity contribution in [2.24, 2.45) is 0 Å². The molecule has 0 unspecified atom stereocenters. The quantitative estimate of drug-likeness (QED) is 0.430. The van der Waals surface area contributed by atoms with Crippen LogP contribution < -0.4 is 9.47 Å². The Morgan fingerprint density at radius 1 is 1.10 bits per heavy atom. The van der Waals surface area contributed by atoms with Crippen molar-refractivity contribution in [2.45, 2.75) is 13.3 Å². The van der Waals surface area contributed by atoms with E-state index in [9.17, 15) is 9.59 Å². The van der Waals surface area contributed by atoms with Crippen LogP contribution in [-0.2, 0) is 19.6 Å². The second-order valence-corrected chi connectivity index (χ2v) is 3.69. The van der Waals surface area contributed by atoms with Gasteiger partial charge in [-0.1, -0.05) is 6.92 Å². The van der Waals surface area contributed by atoms with Gasteiger partial charge in [-0.15, -0.1) is 0 Å². The minimum Gasteiger partial charge on any atom is -0.497 e. The second-order valence-electron chi connectivity index (χ2n) is 3.69. The molecule has 0 saturated heterocycles. The number of benzene rings is 1. The van der Waals surface area contributed by atoms with Crippen LogP contribution in [0.5, 0.6) is 11.5 Å². The van der Waals surface area contributed by atoms with Crippen molar-refractivity contribution in [3.05, 3.63) is 23.8 Å². The van der Waals surface area contributed by atoms with Gasteiger partial charge in [-0.2, -0.15) is 0 Å². The Hall–Kier alpha value is -2.48. The standard InChI is InChI=1S/C13H16O8/c1-4-7-18-13(15)20-21-19-12(14)10-8-9(16-2)5-6-11(10)17-3/h5-6,8H,4,7H2,1-3H3. The van der Waals surface area contributed by atoms with Crippen LogP contribution in [0.2, 0.25) is 0 Å². The molecule has 0 N–H and O–H groups in total. The molecule has 0 bridgehead atoms. The van der Waals surface area contributed by atoms with E-state index in [1.807, 2.05) is 6.92 Å². The van der Waals surface area contributed by atoms with Crippen molar-refractivity contribution >= 4 is 12.1 Å². The first-order valence-corrected chi connectivity index (χ1v) is 6.06. The minimum absolute atomic E-state index is 0.0439. The van der Waals surface area contributed by atoms with Gasteiger partial charge in [0.15, 0.2) is 0 Å². The van der Waals surface area contributed by atoms with Crippen LogP contribution in [0.25, 0.3) is 0 Å². The van der Waals surface area contributed by atoms with Crippen LogP contribution in [0.3, 0.4) is 0 Å². The number of hydrogen-bond donors (Lipinski definition) is 0. The Morgan fingerprint density at radius 3 is 2.48 bits per heavy atom. The van der Waals surface area contributed by atoms with Gasteiger partial charge in [0.1, 0.15) is 17.1 Å². The van der Waals surface area contributed by atoms with E-state index in [-0.39, 0.29) is 17.9 Å². The fourth-order valence-corrected chi connectivity index (χ4v) is 1.30. The van der Waals surface area contributed by atoms with Gasteiger partial charge in [0.05, 0.1) is 25.9 Å². The summed E-state index contributed by atoms with van der Waals surface area (Å²) in [4.78, 5) is 31.1. The van der Waals surface area contributed by atoms with Gasteiger partial charge in [0.25, 0.3) is 0 Å². The maximum atomic E-state index is 11.8. The molecule has 0 radical (unpaired) electrons. The number of ether oxygens (including phenoxy) is 3. The van der Waals surface area contributed by atoms with Crippen LogP contribution in [0, 0.1) is 0 Å². The Bertz CT molecular complexity index is 485. The van der Waals surface area contributed by atoms with Gasteiger partial charge in [0.2, 0.25) is 0 Å². The highest BCUT2D eigenvalue weighted by Crippen LogP contribution is 2.24. The van der Waals surface area contributed by atoms with E-state index in [1.54, 1.807) is 6.07 Å². The van der Waals surface area contributed by atoms with Gasteiger partial charge in [-0.25, -0.2) is 14.5 Å². The summed E-state index contributed by atoms with van der Waals surface area (Å²) in [5.41, 5.74) is 0.0439. The highest BCUT2D eigenvalue weighted by molar-refractivity contribution is 5.92. The van der Waals surface area contributed by atoms with Gasteiger partial charge in [-0.05, 0) is 24.6 Å². The van der Waals surface area contributed by atoms with Crippen LogP contribution >= 0.6 is 0 Å². The summed E-state index contributed by atoms with van der Waals surface area (Å²) in [6.45, 7) is 1.98. The van der Waals surface area contributed by atoms with Crippen molar-refractivity contribution in [3.8, 4) is 11.5 Å². The maximum Gasteiger partial charge on any atom is 0.543 e. The Balaban J connectivity index is 2.57. The Morgan fingerprint density at radius 2 is 1.86 bits per heavy atom. The number of hydrogen-bond acceptors (Lipinski definition) is 8. The molecule has 1 aromatic carbocycles. The topological polar surface area (TPSA) is 89.5 Å². The maximum absolute atomic E-state index is 11.8. The van der Waals surface area contributed by atoms with Crippen molar-refractivity contribution in [3.63, 3.8) is 0 Å².